The maximum absolute atomic E-state index is 12.0. The van der Waals surface area contributed by atoms with Gasteiger partial charge in [-0.25, -0.2) is 0 Å². The van der Waals surface area contributed by atoms with Crippen molar-refractivity contribution in [3.8, 4) is 0 Å². The van der Waals surface area contributed by atoms with Crippen LogP contribution in [0.5, 0.6) is 0 Å². The summed E-state index contributed by atoms with van der Waals surface area (Å²) in [6.07, 6.45) is 5.18. The molecule has 0 N–H and O–H groups in total. The number of rotatable bonds is 7. The van der Waals surface area contributed by atoms with Gasteiger partial charge in [0.1, 0.15) is 0 Å². The van der Waals surface area contributed by atoms with Crippen LogP contribution in [-0.4, -0.2) is 25.2 Å². The molecule has 0 amide bonds. The van der Waals surface area contributed by atoms with E-state index in [-0.39, 0.29) is 5.92 Å². The summed E-state index contributed by atoms with van der Waals surface area (Å²) >= 11 is 0. The van der Waals surface area contributed by atoms with Gasteiger partial charge in [0.25, 0.3) is 0 Å². The minimum Gasteiger partial charge on any atom is -0.465 e. The summed E-state index contributed by atoms with van der Waals surface area (Å²) < 4.78 is 10.2. The lowest BCUT2D eigenvalue weighted by Crippen LogP contribution is -2.30. The third kappa shape index (κ3) is 5.62. The van der Waals surface area contributed by atoms with E-state index in [0.717, 1.165) is 12.8 Å². The van der Waals surface area contributed by atoms with Crippen molar-refractivity contribution in [3.63, 3.8) is 0 Å². The van der Waals surface area contributed by atoms with E-state index in [4.69, 9.17) is 9.47 Å². The number of hydrogen-bond acceptors (Lipinski definition) is 4. The third-order valence-electron chi connectivity index (χ3n) is 3.46. The lowest BCUT2D eigenvalue weighted by Gasteiger charge is -2.18. The molecule has 4 nitrogen and oxygen atoms in total. The Morgan fingerprint density at radius 3 is 2.21 bits per heavy atom. The second-order valence-electron chi connectivity index (χ2n) is 5.71. The molecule has 0 aromatic carbocycles. The van der Waals surface area contributed by atoms with Gasteiger partial charge in [-0.05, 0) is 25.2 Å². The van der Waals surface area contributed by atoms with E-state index >= 15 is 0 Å². The average Bonchev–Trinajstić information content (AvgIpc) is 2.86. The van der Waals surface area contributed by atoms with E-state index in [1.54, 1.807) is 6.92 Å². The zero-order valence-electron chi connectivity index (χ0n) is 12.3. The number of esters is 2. The van der Waals surface area contributed by atoms with Crippen LogP contribution in [0.2, 0.25) is 0 Å². The Kier molecular flexibility index (Phi) is 6.89. The molecule has 4 heteroatoms. The molecule has 0 radical (unpaired) electrons. The first-order valence-corrected chi connectivity index (χ1v) is 7.37. The quantitative estimate of drug-likeness (QED) is 0.527. The first kappa shape index (κ1) is 16.0. The molecule has 0 heterocycles. The zero-order chi connectivity index (χ0) is 14.3. The second-order valence-corrected chi connectivity index (χ2v) is 5.71. The standard InChI is InChI=1S/C15H26O4/c1-4-18-14(16)13(9-12-7-5-6-8-12)15(17)19-10-11(2)3/h11-13H,4-10H2,1-3H3. The van der Waals surface area contributed by atoms with Gasteiger partial charge in [0.05, 0.1) is 13.2 Å². The summed E-state index contributed by atoms with van der Waals surface area (Å²) in [6.45, 7) is 6.37. The van der Waals surface area contributed by atoms with Crippen molar-refractivity contribution in [2.75, 3.05) is 13.2 Å². The minimum absolute atomic E-state index is 0.276. The summed E-state index contributed by atoms with van der Waals surface area (Å²) in [6, 6.07) is 0. The highest BCUT2D eigenvalue weighted by atomic mass is 16.6. The van der Waals surface area contributed by atoms with E-state index in [1.807, 2.05) is 13.8 Å². The van der Waals surface area contributed by atoms with Gasteiger partial charge in [0.15, 0.2) is 5.92 Å². The molecular formula is C15H26O4. The van der Waals surface area contributed by atoms with Gasteiger partial charge in [-0.2, -0.15) is 0 Å². The molecule has 1 fully saturated rings. The third-order valence-corrected chi connectivity index (χ3v) is 3.46. The molecule has 0 saturated heterocycles. The number of carbonyl (C=O) groups is 2. The van der Waals surface area contributed by atoms with Gasteiger partial charge in [-0.15, -0.1) is 0 Å². The van der Waals surface area contributed by atoms with E-state index in [2.05, 4.69) is 0 Å². The summed E-state index contributed by atoms with van der Waals surface area (Å²) in [5.74, 6) is -0.844. The van der Waals surface area contributed by atoms with Gasteiger partial charge >= 0.3 is 11.9 Å². The van der Waals surface area contributed by atoms with E-state index in [9.17, 15) is 9.59 Å². The highest BCUT2D eigenvalue weighted by molar-refractivity contribution is 5.94. The fourth-order valence-corrected chi connectivity index (χ4v) is 2.46. The molecule has 110 valence electrons. The number of hydrogen-bond donors (Lipinski definition) is 0. The van der Waals surface area contributed by atoms with E-state index in [0.29, 0.717) is 25.6 Å². The Morgan fingerprint density at radius 1 is 1.11 bits per heavy atom. The van der Waals surface area contributed by atoms with Crippen LogP contribution in [-0.2, 0) is 19.1 Å². The first-order valence-electron chi connectivity index (χ1n) is 7.37. The van der Waals surface area contributed by atoms with Gasteiger partial charge in [0, 0.05) is 0 Å². The highest BCUT2D eigenvalue weighted by Gasteiger charge is 2.33. The normalized spacial score (nSPS) is 17.5. The van der Waals surface area contributed by atoms with Crippen molar-refractivity contribution in [1.29, 1.82) is 0 Å². The molecule has 1 aliphatic carbocycles. The maximum atomic E-state index is 12.0. The van der Waals surface area contributed by atoms with Crippen molar-refractivity contribution >= 4 is 11.9 Å². The van der Waals surface area contributed by atoms with Crippen LogP contribution in [0, 0.1) is 17.8 Å². The fraction of sp³-hybridized carbons (Fsp3) is 0.867. The lowest BCUT2D eigenvalue weighted by molar-refractivity contribution is -0.163. The smallest absolute Gasteiger partial charge is 0.320 e. The second kappa shape index (κ2) is 8.18. The lowest BCUT2D eigenvalue weighted by atomic mass is 9.93. The average molecular weight is 270 g/mol. The molecule has 19 heavy (non-hydrogen) atoms. The zero-order valence-corrected chi connectivity index (χ0v) is 12.3. The number of carbonyl (C=O) groups excluding carboxylic acids is 2. The van der Waals surface area contributed by atoms with Crippen LogP contribution < -0.4 is 0 Å². The predicted octanol–water partition coefficient (Wildman–Crippen LogP) is 2.95. The van der Waals surface area contributed by atoms with Crippen LogP contribution in [0.1, 0.15) is 52.9 Å². The van der Waals surface area contributed by atoms with Crippen molar-refractivity contribution < 1.29 is 19.1 Å². The van der Waals surface area contributed by atoms with Crippen molar-refractivity contribution in [2.24, 2.45) is 17.8 Å². The van der Waals surface area contributed by atoms with Crippen LogP contribution in [0.3, 0.4) is 0 Å². The van der Waals surface area contributed by atoms with Crippen molar-refractivity contribution in [2.45, 2.75) is 52.9 Å². The Bertz CT molecular complexity index is 293. The number of ether oxygens (including phenoxy) is 2. The van der Waals surface area contributed by atoms with Crippen molar-refractivity contribution in [1.82, 2.24) is 0 Å². The first-order chi connectivity index (χ1) is 9.04. The van der Waals surface area contributed by atoms with Crippen molar-refractivity contribution in [3.05, 3.63) is 0 Å². The monoisotopic (exact) mass is 270 g/mol. The fourth-order valence-electron chi connectivity index (χ4n) is 2.46. The Balaban J connectivity index is 2.56. The van der Waals surface area contributed by atoms with Crippen LogP contribution in [0.4, 0.5) is 0 Å². The Morgan fingerprint density at radius 2 is 1.68 bits per heavy atom. The predicted molar refractivity (Wildman–Crippen MR) is 72.5 cm³/mol. The molecule has 1 saturated carbocycles. The summed E-state index contributed by atoms with van der Waals surface area (Å²) in [7, 11) is 0. The topological polar surface area (TPSA) is 52.6 Å². The largest absolute Gasteiger partial charge is 0.465 e. The van der Waals surface area contributed by atoms with Gasteiger partial charge in [-0.1, -0.05) is 39.5 Å². The van der Waals surface area contributed by atoms with E-state index in [1.165, 1.54) is 12.8 Å². The molecule has 1 atom stereocenters. The molecule has 0 aromatic rings. The highest BCUT2D eigenvalue weighted by Crippen LogP contribution is 2.31. The summed E-state index contributed by atoms with van der Waals surface area (Å²) in [4.78, 5) is 23.9. The molecule has 0 aromatic heterocycles. The van der Waals surface area contributed by atoms with Gasteiger partial charge in [-0.3, -0.25) is 9.59 Å². The molecular weight excluding hydrogens is 244 g/mol. The molecule has 0 spiro atoms. The minimum atomic E-state index is -0.734. The van der Waals surface area contributed by atoms with Gasteiger partial charge in [0.2, 0.25) is 0 Å². The molecule has 1 aliphatic rings. The maximum Gasteiger partial charge on any atom is 0.320 e. The van der Waals surface area contributed by atoms with Crippen LogP contribution in [0.15, 0.2) is 0 Å². The summed E-state index contributed by atoms with van der Waals surface area (Å²) in [5.41, 5.74) is 0. The summed E-state index contributed by atoms with van der Waals surface area (Å²) in [5, 5.41) is 0. The molecule has 1 unspecified atom stereocenters. The van der Waals surface area contributed by atoms with Crippen LogP contribution in [0.25, 0.3) is 0 Å². The molecule has 1 rings (SSSR count). The Labute approximate surface area is 115 Å². The molecule has 0 aliphatic heterocycles. The van der Waals surface area contributed by atoms with Gasteiger partial charge < -0.3 is 9.47 Å². The molecule has 0 bridgehead atoms. The van der Waals surface area contributed by atoms with E-state index < -0.39 is 17.9 Å². The Hall–Kier alpha value is -1.06. The van der Waals surface area contributed by atoms with Crippen LogP contribution >= 0.6 is 0 Å². The SMILES string of the molecule is CCOC(=O)C(CC1CCCC1)C(=O)OCC(C)C.